The van der Waals surface area contributed by atoms with E-state index < -0.39 is 5.82 Å². The van der Waals surface area contributed by atoms with Gasteiger partial charge in [0.05, 0.1) is 5.02 Å². The van der Waals surface area contributed by atoms with Crippen LogP contribution in [0.1, 0.15) is 5.56 Å². The van der Waals surface area contributed by atoms with E-state index in [1.54, 1.807) is 0 Å². The summed E-state index contributed by atoms with van der Waals surface area (Å²) in [7, 11) is 0. The van der Waals surface area contributed by atoms with E-state index in [2.05, 4.69) is 11.8 Å². The first-order chi connectivity index (χ1) is 6.15. The molecule has 0 aliphatic rings. The van der Waals surface area contributed by atoms with E-state index >= 15 is 0 Å². The fourth-order valence-electron chi connectivity index (χ4n) is 0.754. The maximum Gasteiger partial charge on any atom is 0.193 e. The molecule has 0 bridgehead atoms. The molecule has 0 aromatic heterocycles. The first-order valence-corrected chi connectivity index (χ1v) is 4.00. The fraction of sp³-hybridized carbons (Fsp3) is 0. The molecule has 0 heterocycles. The van der Waals surface area contributed by atoms with Crippen LogP contribution in [0.5, 0.6) is 0 Å². The van der Waals surface area contributed by atoms with Crippen LogP contribution in [0.3, 0.4) is 0 Å². The molecular formula is C9H3Cl2FO. The molecule has 0 N–H and O–H groups in total. The van der Waals surface area contributed by atoms with Crippen molar-refractivity contribution in [2.45, 2.75) is 0 Å². The van der Waals surface area contributed by atoms with Crippen molar-refractivity contribution in [1.29, 1.82) is 0 Å². The smallest absolute Gasteiger partial charge is 0.193 e. The summed E-state index contributed by atoms with van der Waals surface area (Å²) >= 11 is 11.1. The van der Waals surface area contributed by atoms with Gasteiger partial charge in [-0.3, -0.25) is 4.79 Å². The van der Waals surface area contributed by atoms with Gasteiger partial charge in [0.15, 0.2) is 6.29 Å². The average molecular weight is 217 g/mol. The van der Waals surface area contributed by atoms with Crippen molar-refractivity contribution >= 4 is 29.5 Å². The van der Waals surface area contributed by atoms with Gasteiger partial charge >= 0.3 is 0 Å². The first-order valence-electron chi connectivity index (χ1n) is 3.25. The zero-order chi connectivity index (χ0) is 9.84. The third-order valence-electron chi connectivity index (χ3n) is 1.26. The second kappa shape index (κ2) is 4.27. The largest absolute Gasteiger partial charge is 0.289 e. The molecule has 1 rings (SSSR count). The third-order valence-corrected chi connectivity index (χ3v) is 1.86. The van der Waals surface area contributed by atoms with Crippen molar-refractivity contribution in [3.63, 3.8) is 0 Å². The Balaban J connectivity index is 3.28. The van der Waals surface area contributed by atoms with Gasteiger partial charge in [-0.2, -0.15) is 0 Å². The second-order valence-electron chi connectivity index (χ2n) is 2.14. The summed E-state index contributed by atoms with van der Waals surface area (Å²) in [6.07, 6.45) is 0.398. The Hall–Kier alpha value is -1.04. The number of benzene rings is 1. The molecule has 66 valence electrons. The normalized spacial score (nSPS) is 8.85. The lowest BCUT2D eigenvalue weighted by Crippen LogP contribution is -1.83. The SMILES string of the molecule is O=CC#Cc1cc(Cl)cc(F)c1Cl. The minimum absolute atomic E-state index is 0.126. The predicted octanol–water partition coefficient (Wildman–Crippen LogP) is 2.68. The van der Waals surface area contributed by atoms with Crippen LogP contribution >= 0.6 is 23.2 Å². The highest BCUT2D eigenvalue weighted by molar-refractivity contribution is 6.34. The molecule has 4 heteroatoms. The van der Waals surface area contributed by atoms with Crippen molar-refractivity contribution in [2.75, 3.05) is 0 Å². The Morgan fingerprint density at radius 1 is 1.38 bits per heavy atom. The lowest BCUT2D eigenvalue weighted by atomic mass is 10.2. The summed E-state index contributed by atoms with van der Waals surface area (Å²) in [6.45, 7) is 0. The van der Waals surface area contributed by atoms with Crippen LogP contribution in [-0.4, -0.2) is 6.29 Å². The number of rotatable bonds is 0. The van der Waals surface area contributed by atoms with Gasteiger partial charge in [0.2, 0.25) is 0 Å². The third kappa shape index (κ3) is 2.45. The van der Waals surface area contributed by atoms with Crippen LogP contribution in [0, 0.1) is 17.7 Å². The van der Waals surface area contributed by atoms with Gasteiger partial charge in [0.1, 0.15) is 5.82 Å². The summed E-state index contributed by atoms with van der Waals surface area (Å²) in [5.74, 6) is 3.84. The molecule has 0 fully saturated rings. The monoisotopic (exact) mass is 216 g/mol. The van der Waals surface area contributed by atoms with Gasteiger partial charge < -0.3 is 0 Å². The van der Waals surface area contributed by atoms with E-state index in [1.165, 1.54) is 6.07 Å². The zero-order valence-electron chi connectivity index (χ0n) is 6.27. The van der Waals surface area contributed by atoms with Crippen molar-refractivity contribution in [3.8, 4) is 11.8 Å². The summed E-state index contributed by atoms with van der Waals surface area (Å²) in [6, 6.07) is 2.47. The second-order valence-corrected chi connectivity index (χ2v) is 2.95. The molecule has 0 spiro atoms. The molecule has 0 aliphatic carbocycles. The highest BCUT2D eigenvalue weighted by Gasteiger charge is 2.05. The molecule has 13 heavy (non-hydrogen) atoms. The molecular weight excluding hydrogens is 214 g/mol. The van der Waals surface area contributed by atoms with Gasteiger partial charge in [-0.25, -0.2) is 4.39 Å². The summed E-state index contributed by atoms with van der Waals surface area (Å²) < 4.78 is 12.9. The molecule has 0 saturated heterocycles. The summed E-state index contributed by atoms with van der Waals surface area (Å²) in [5.41, 5.74) is 0.207. The maximum atomic E-state index is 12.9. The Morgan fingerprint density at radius 3 is 2.69 bits per heavy atom. The molecule has 0 aliphatic heterocycles. The molecule has 1 nitrogen and oxygen atoms in total. The molecule has 0 unspecified atom stereocenters. The lowest BCUT2D eigenvalue weighted by molar-refractivity contribution is -0.103. The standard InChI is InChI=1S/C9H3Cl2FO/c10-7-4-6(2-1-3-13)9(11)8(12)5-7/h3-5H. The minimum atomic E-state index is -0.649. The van der Waals surface area contributed by atoms with Crippen LogP contribution in [0.2, 0.25) is 10.0 Å². The number of carbonyl (C=O) groups is 1. The van der Waals surface area contributed by atoms with Crippen molar-refractivity contribution in [1.82, 2.24) is 0 Å². The molecule has 0 saturated carbocycles. The number of hydrogen-bond acceptors (Lipinski definition) is 1. The number of halogens is 3. The molecule has 0 atom stereocenters. The zero-order valence-corrected chi connectivity index (χ0v) is 7.79. The van der Waals surface area contributed by atoms with Gasteiger partial charge in [0.25, 0.3) is 0 Å². The lowest BCUT2D eigenvalue weighted by Gasteiger charge is -1.98. The highest BCUT2D eigenvalue weighted by Crippen LogP contribution is 2.23. The summed E-state index contributed by atoms with van der Waals surface area (Å²) in [4.78, 5) is 9.92. The molecule has 1 aromatic rings. The van der Waals surface area contributed by atoms with Crippen molar-refractivity contribution < 1.29 is 9.18 Å². The van der Waals surface area contributed by atoms with E-state index in [4.69, 9.17) is 23.2 Å². The van der Waals surface area contributed by atoms with Gasteiger partial charge in [-0.1, -0.05) is 29.1 Å². The Kier molecular flexibility index (Phi) is 3.30. The molecule has 0 amide bonds. The minimum Gasteiger partial charge on any atom is -0.289 e. The topological polar surface area (TPSA) is 17.1 Å². The molecule has 0 radical (unpaired) electrons. The number of aldehydes is 1. The quantitative estimate of drug-likeness (QED) is 0.371. The van der Waals surface area contributed by atoms with Gasteiger partial charge in [-0.15, -0.1) is 0 Å². The van der Waals surface area contributed by atoms with Crippen LogP contribution in [0.4, 0.5) is 4.39 Å². The van der Waals surface area contributed by atoms with E-state index in [1.807, 2.05) is 0 Å². The van der Waals surface area contributed by atoms with E-state index in [0.29, 0.717) is 6.29 Å². The van der Waals surface area contributed by atoms with Crippen molar-refractivity contribution in [2.24, 2.45) is 0 Å². The van der Waals surface area contributed by atoms with E-state index in [-0.39, 0.29) is 15.6 Å². The van der Waals surface area contributed by atoms with Gasteiger partial charge in [-0.05, 0) is 18.1 Å². The highest BCUT2D eigenvalue weighted by atomic mass is 35.5. The van der Waals surface area contributed by atoms with E-state index in [0.717, 1.165) is 6.07 Å². The Bertz CT molecular complexity index is 404. The van der Waals surface area contributed by atoms with Crippen LogP contribution in [0.15, 0.2) is 12.1 Å². The van der Waals surface area contributed by atoms with Gasteiger partial charge in [0, 0.05) is 10.6 Å². The van der Waals surface area contributed by atoms with Crippen LogP contribution in [-0.2, 0) is 4.79 Å². The maximum absolute atomic E-state index is 12.9. The van der Waals surface area contributed by atoms with E-state index in [9.17, 15) is 9.18 Å². The van der Waals surface area contributed by atoms with Crippen LogP contribution < -0.4 is 0 Å². The number of carbonyl (C=O) groups excluding carboxylic acids is 1. The summed E-state index contributed by atoms with van der Waals surface area (Å²) in [5, 5.41) is 0.0656. The number of hydrogen-bond donors (Lipinski definition) is 0. The van der Waals surface area contributed by atoms with Crippen LogP contribution in [0.25, 0.3) is 0 Å². The predicted molar refractivity (Wildman–Crippen MR) is 49.4 cm³/mol. The first kappa shape index (κ1) is 10.0. The Labute approximate surface area is 84.5 Å². The fourth-order valence-corrected chi connectivity index (χ4v) is 1.12. The Morgan fingerprint density at radius 2 is 2.08 bits per heavy atom. The average Bonchev–Trinajstić information content (AvgIpc) is 2.09. The molecule has 1 aromatic carbocycles. The van der Waals surface area contributed by atoms with Crippen molar-refractivity contribution in [3.05, 3.63) is 33.6 Å².